The molecule has 0 saturated heterocycles. The van der Waals surface area contributed by atoms with Gasteiger partial charge < -0.3 is 5.11 Å². The van der Waals surface area contributed by atoms with Crippen LogP contribution in [-0.4, -0.2) is 5.11 Å². The molecule has 1 nitrogen and oxygen atoms in total. The fourth-order valence-corrected chi connectivity index (χ4v) is 1.41. The van der Waals surface area contributed by atoms with E-state index in [4.69, 9.17) is 0 Å². The number of alkyl halides is 3. The van der Waals surface area contributed by atoms with Gasteiger partial charge in [-0.3, -0.25) is 0 Å². The molecule has 0 radical (unpaired) electrons. The van der Waals surface area contributed by atoms with Gasteiger partial charge in [0.2, 0.25) is 0 Å². The summed E-state index contributed by atoms with van der Waals surface area (Å²) in [5, 5.41) is 9.60. The summed E-state index contributed by atoms with van der Waals surface area (Å²) in [6, 6.07) is 2.51. The van der Waals surface area contributed by atoms with Gasteiger partial charge in [-0.15, -0.1) is 6.58 Å². The van der Waals surface area contributed by atoms with Crippen molar-refractivity contribution < 1.29 is 22.7 Å². The first-order valence-corrected chi connectivity index (χ1v) is 5.02. The van der Waals surface area contributed by atoms with Crippen molar-refractivity contribution in [1.82, 2.24) is 0 Å². The van der Waals surface area contributed by atoms with E-state index in [0.717, 1.165) is 12.1 Å². The third kappa shape index (κ3) is 3.56. The Morgan fingerprint density at radius 2 is 2.00 bits per heavy atom. The van der Waals surface area contributed by atoms with Crippen LogP contribution >= 0.6 is 0 Å². The molecule has 0 aliphatic heterocycles. The summed E-state index contributed by atoms with van der Waals surface area (Å²) in [4.78, 5) is 0. The number of hydrogen-bond acceptors (Lipinski definition) is 1. The molecule has 0 amide bonds. The zero-order valence-corrected chi connectivity index (χ0v) is 8.97. The van der Waals surface area contributed by atoms with E-state index in [1.165, 1.54) is 0 Å². The summed E-state index contributed by atoms with van der Waals surface area (Å²) in [6.45, 7) is 3.45. The summed E-state index contributed by atoms with van der Waals surface area (Å²) < 4.78 is 50.2. The highest BCUT2D eigenvalue weighted by Gasteiger charge is 2.34. The Bertz CT molecular complexity index is 398. The van der Waals surface area contributed by atoms with E-state index in [9.17, 15) is 22.7 Å². The fourth-order valence-electron chi connectivity index (χ4n) is 1.41. The third-order valence-electron chi connectivity index (χ3n) is 2.32. The molecule has 1 rings (SSSR count). The highest BCUT2D eigenvalue weighted by molar-refractivity contribution is 5.28. The van der Waals surface area contributed by atoms with Gasteiger partial charge in [0, 0.05) is 0 Å². The fraction of sp³-hybridized carbons (Fsp3) is 0.333. The van der Waals surface area contributed by atoms with Crippen LogP contribution in [0.15, 0.2) is 30.9 Å². The molecule has 1 atom stereocenters. The van der Waals surface area contributed by atoms with Crippen molar-refractivity contribution in [3.8, 4) is 0 Å². The number of aliphatic hydroxyl groups excluding tert-OH is 1. The van der Waals surface area contributed by atoms with Crippen molar-refractivity contribution in [2.45, 2.75) is 25.1 Å². The van der Waals surface area contributed by atoms with Gasteiger partial charge in [-0.1, -0.05) is 12.1 Å². The second-order valence-electron chi connectivity index (χ2n) is 3.62. The molecule has 0 aromatic heterocycles. The molecule has 1 aromatic carbocycles. The van der Waals surface area contributed by atoms with E-state index in [-0.39, 0.29) is 12.0 Å². The van der Waals surface area contributed by atoms with Gasteiger partial charge in [0.25, 0.3) is 0 Å². The molecule has 0 aliphatic rings. The minimum atomic E-state index is -4.75. The quantitative estimate of drug-likeness (QED) is 0.634. The van der Waals surface area contributed by atoms with E-state index in [1.54, 1.807) is 6.08 Å². The lowest BCUT2D eigenvalue weighted by atomic mass is 10.0. The summed E-state index contributed by atoms with van der Waals surface area (Å²) >= 11 is 0. The van der Waals surface area contributed by atoms with E-state index >= 15 is 0 Å². The number of aliphatic hydroxyl groups is 1. The van der Waals surface area contributed by atoms with Gasteiger partial charge in [0.1, 0.15) is 5.82 Å². The molecule has 94 valence electrons. The van der Waals surface area contributed by atoms with Gasteiger partial charge in [0.05, 0.1) is 11.7 Å². The Morgan fingerprint density at radius 3 is 2.53 bits per heavy atom. The number of benzene rings is 1. The van der Waals surface area contributed by atoms with Crippen LogP contribution in [0.2, 0.25) is 0 Å². The Kier molecular flexibility index (Phi) is 4.28. The Hall–Kier alpha value is -1.36. The first kappa shape index (κ1) is 13.7. The Balaban J connectivity index is 3.00. The largest absolute Gasteiger partial charge is 0.419 e. The lowest BCUT2D eigenvalue weighted by molar-refractivity contribution is -0.140. The van der Waals surface area contributed by atoms with Gasteiger partial charge in [-0.05, 0) is 30.5 Å². The van der Waals surface area contributed by atoms with Crippen molar-refractivity contribution in [3.63, 3.8) is 0 Å². The van der Waals surface area contributed by atoms with Crippen molar-refractivity contribution in [2.75, 3.05) is 0 Å². The molecule has 0 aliphatic carbocycles. The average Bonchev–Trinajstić information content (AvgIpc) is 2.25. The minimum Gasteiger partial charge on any atom is -0.388 e. The van der Waals surface area contributed by atoms with Crippen LogP contribution in [0.25, 0.3) is 0 Å². The zero-order chi connectivity index (χ0) is 13.1. The van der Waals surface area contributed by atoms with Gasteiger partial charge in [0.15, 0.2) is 0 Å². The molecule has 1 N–H and O–H groups in total. The topological polar surface area (TPSA) is 20.2 Å². The molecule has 0 spiro atoms. The normalized spacial score (nSPS) is 13.5. The minimum absolute atomic E-state index is 0.0561. The lowest BCUT2D eigenvalue weighted by Gasteiger charge is -2.13. The first-order valence-electron chi connectivity index (χ1n) is 5.02. The molecule has 0 fully saturated rings. The smallest absolute Gasteiger partial charge is 0.388 e. The predicted molar refractivity (Wildman–Crippen MR) is 55.8 cm³/mol. The maximum Gasteiger partial charge on any atom is 0.419 e. The standard InChI is InChI=1S/C12H12F4O/c1-2-3-4-11(17)8-5-6-10(13)9(7-8)12(14,15)16/h2,5-7,11,17H,1,3-4H2. The van der Waals surface area contributed by atoms with Gasteiger partial charge in [-0.25, -0.2) is 4.39 Å². The van der Waals surface area contributed by atoms with Crippen LogP contribution < -0.4 is 0 Å². The van der Waals surface area contributed by atoms with Crippen LogP contribution in [0.3, 0.4) is 0 Å². The van der Waals surface area contributed by atoms with Gasteiger partial charge in [-0.2, -0.15) is 13.2 Å². The van der Waals surface area contributed by atoms with E-state index in [1.807, 2.05) is 0 Å². The predicted octanol–water partition coefficient (Wildman–Crippen LogP) is 3.84. The van der Waals surface area contributed by atoms with Crippen molar-refractivity contribution in [3.05, 3.63) is 47.8 Å². The zero-order valence-electron chi connectivity index (χ0n) is 8.97. The molecule has 17 heavy (non-hydrogen) atoms. The Morgan fingerprint density at radius 1 is 1.35 bits per heavy atom. The first-order chi connectivity index (χ1) is 7.86. The van der Waals surface area contributed by atoms with E-state index < -0.39 is 23.7 Å². The molecular formula is C12H12F4O. The van der Waals surface area contributed by atoms with Crippen molar-refractivity contribution >= 4 is 0 Å². The third-order valence-corrected chi connectivity index (χ3v) is 2.32. The number of allylic oxidation sites excluding steroid dienone is 1. The van der Waals surface area contributed by atoms with Crippen LogP contribution in [0.4, 0.5) is 17.6 Å². The van der Waals surface area contributed by atoms with Crippen LogP contribution in [-0.2, 0) is 6.18 Å². The van der Waals surface area contributed by atoms with Gasteiger partial charge >= 0.3 is 6.18 Å². The molecule has 5 heteroatoms. The van der Waals surface area contributed by atoms with Crippen LogP contribution in [0, 0.1) is 5.82 Å². The molecule has 1 aromatic rings. The second-order valence-corrected chi connectivity index (χ2v) is 3.62. The highest BCUT2D eigenvalue weighted by atomic mass is 19.4. The van der Waals surface area contributed by atoms with Crippen molar-refractivity contribution in [2.24, 2.45) is 0 Å². The maximum absolute atomic E-state index is 13.0. The summed E-state index contributed by atoms with van der Waals surface area (Å²) in [6.07, 6.45) is -3.52. The van der Waals surface area contributed by atoms with Crippen LogP contribution in [0.5, 0.6) is 0 Å². The summed E-state index contributed by atoms with van der Waals surface area (Å²) in [5.74, 6) is -1.34. The second kappa shape index (κ2) is 5.31. The van der Waals surface area contributed by atoms with Crippen LogP contribution in [0.1, 0.15) is 30.1 Å². The number of rotatable bonds is 4. The molecule has 0 heterocycles. The maximum atomic E-state index is 13.0. The number of hydrogen-bond donors (Lipinski definition) is 1. The number of halogens is 4. The van der Waals surface area contributed by atoms with E-state index in [0.29, 0.717) is 12.5 Å². The summed E-state index contributed by atoms with van der Waals surface area (Å²) in [7, 11) is 0. The molecule has 1 unspecified atom stereocenters. The molecule has 0 bridgehead atoms. The summed E-state index contributed by atoms with van der Waals surface area (Å²) in [5.41, 5.74) is -1.30. The van der Waals surface area contributed by atoms with E-state index in [2.05, 4.69) is 6.58 Å². The lowest BCUT2D eigenvalue weighted by Crippen LogP contribution is -2.10. The Labute approximate surface area is 96.4 Å². The average molecular weight is 248 g/mol. The monoisotopic (exact) mass is 248 g/mol. The molecular weight excluding hydrogens is 236 g/mol. The SMILES string of the molecule is C=CCCC(O)c1ccc(F)c(C(F)(F)F)c1. The highest BCUT2D eigenvalue weighted by Crippen LogP contribution is 2.33. The van der Waals surface area contributed by atoms with Crippen molar-refractivity contribution in [1.29, 1.82) is 0 Å². The molecule has 0 saturated carbocycles.